The van der Waals surface area contributed by atoms with Crippen LogP contribution in [0.5, 0.6) is 0 Å². The summed E-state index contributed by atoms with van der Waals surface area (Å²) >= 11 is 1.97. The molecule has 0 saturated carbocycles. The van der Waals surface area contributed by atoms with Gasteiger partial charge in [-0.25, -0.2) is 9.78 Å². The van der Waals surface area contributed by atoms with Crippen molar-refractivity contribution >= 4 is 34.2 Å². The molecule has 8 heteroatoms. The lowest BCUT2D eigenvalue weighted by Gasteiger charge is -2.03. The number of carboxylic acids is 1. The van der Waals surface area contributed by atoms with Crippen LogP contribution in [0.15, 0.2) is 30.7 Å². The summed E-state index contributed by atoms with van der Waals surface area (Å²) in [5.74, 6) is -1.18. The summed E-state index contributed by atoms with van der Waals surface area (Å²) in [5, 5.41) is 19.7. The number of imidazole rings is 1. The molecule has 1 N–H and O–H groups in total. The van der Waals surface area contributed by atoms with Crippen LogP contribution in [0.4, 0.5) is 5.69 Å². The summed E-state index contributed by atoms with van der Waals surface area (Å²) in [6.45, 7) is 0. The molecule has 7 nitrogen and oxygen atoms in total. The molecule has 1 heterocycles. The minimum absolute atomic E-state index is 0.101. The number of halogens is 1. The number of carboxylic acid groups (broad SMARTS) is 1. The number of hydrogen-bond acceptors (Lipinski definition) is 4. The lowest BCUT2D eigenvalue weighted by Crippen LogP contribution is -1.99. The van der Waals surface area contributed by atoms with E-state index >= 15 is 0 Å². The van der Waals surface area contributed by atoms with Gasteiger partial charge in [0.25, 0.3) is 5.69 Å². The molecule has 0 saturated heterocycles. The van der Waals surface area contributed by atoms with E-state index in [1.54, 1.807) is 12.1 Å². The number of hydrogen-bond donors (Lipinski definition) is 1. The average molecular weight is 359 g/mol. The van der Waals surface area contributed by atoms with Crippen molar-refractivity contribution in [3.63, 3.8) is 0 Å². The molecule has 1 aromatic carbocycles. The Morgan fingerprint density at radius 1 is 1.50 bits per heavy atom. The molecule has 0 aliphatic heterocycles. The van der Waals surface area contributed by atoms with Crippen LogP contribution in [0.3, 0.4) is 0 Å². The van der Waals surface area contributed by atoms with Gasteiger partial charge >= 0.3 is 5.97 Å². The van der Waals surface area contributed by atoms with Crippen molar-refractivity contribution in [3.8, 4) is 5.69 Å². The van der Waals surface area contributed by atoms with Gasteiger partial charge in [0.1, 0.15) is 12.0 Å². The minimum atomic E-state index is -1.18. The summed E-state index contributed by atoms with van der Waals surface area (Å²) in [6.07, 6.45) is 2.47. The third kappa shape index (κ3) is 2.32. The molecular weight excluding hydrogens is 353 g/mol. The van der Waals surface area contributed by atoms with Gasteiger partial charge in [-0.05, 0) is 34.7 Å². The van der Waals surface area contributed by atoms with E-state index in [-0.39, 0.29) is 17.1 Å². The van der Waals surface area contributed by atoms with E-state index in [4.69, 9.17) is 5.11 Å². The molecule has 0 spiro atoms. The molecule has 0 amide bonds. The predicted octanol–water partition coefficient (Wildman–Crippen LogP) is 2.08. The standard InChI is InChI=1S/C10H6IN3O4/c11-6-1-2-8(9(3-6)14(17)18)13-4-7(10(15)16)12-5-13/h1-5H,(H,15,16). The molecular formula is C10H6IN3O4. The van der Waals surface area contributed by atoms with Gasteiger partial charge in [-0.3, -0.25) is 14.7 Å². The van der Waals surface area contributed by atoms with E-state index < -0.39 is 10.9 Å². The van der Waals surface area contributed by atoms with Crippen LogP contribution in [0.1, 0.15) is 10.5 Å². The summed E-state index contributed by atoms with van der Waals surface area (Å²) < 4.78 is 2.04. The fraction of sp³-hybridized carbons (Fsp3) is 0. The highest BCUT2D eigenvalue weighted by atomic mass is 127. The second-order valence-corrected chi connectivity index (χ2v) is 4.61. The maximum absolute atomic E-state index is 10.9. The van der Waals surface area contributed by atoms with Crippen LogP contribution in [0, 0.1) is 13.7 Å². The third-order valence-electron chi connectivity index (χ3n) is 2.21. The Kier molecular flexibility index (Phi) is 3.28. The maximum atomic E-state index is 10.9. The minimum Gasteiger partial charge on any atom is -0.476 e. The van der Waals surface area contributed by atoms with E-state index in [2.05, 4.69) is 4.98 Å². The monoisotopic (exact) mass is 359 g/mol. The molecule has 92 valence electrons. The van der Waals surface area contributed by atoms with Gasteiger partial charge < -0.3 is 5.11 Å². The number of benzene rings is 1. The van der Waals surface area contributed by atoms with Crippen LogP contribution in [0.2, 0.25) is 0 Å². The first kappa shape index (κ1) is 12.5. The molecule has 0 unspecified atom stereocenters. The van der Waals surface area contributed by atoms with E-state index in [0.29, 0.717) is 0 Å². The Morgan fingerprint density at radius 3 is 2.78 bits per heavy atom. The second kappa shape index (κ2) is 4.72. The Labute approximate surface area is 114 Å². The quantitative estimate of drug-likeness (QED) is 0.514. The Morgan fingerprint density at radius 2 is 2.22 bits per heavy atom. The molecule has 0 atom stereocenters. The van der Waals surface area contributed by atoms with E-state index in [0.717, 1.165) is 3.57 Å². The Hall–Kier alpha value is -1.97. The fourth-order valence-corrected chi connectivity index (χ4v) is 1.90. The van der Waals surface area contributed by atoms with E-state index in [9.17, 15) is 14.9 Å². The first-order valence-electron chi connectivity index (χ1n) is 4.70. The Bertz CT molecular complexity index is 638. The SMILES string of the molecule is O=C(O)c1cn(-c2ccc(I)cc2[N+](=O)[O-])cn1. The number of rotatable bonds is 3. The number of nitrogens with zero attached hydrogens (tertiary/aromatic N) is 3. The van der Waals surface area contributed by atoms with Gasteiger partial charge in [-0.1, -0.05) is 0 Å². The van der Waals surface area contributed by atoms with Gasteiger partial charge in [0.2, 0.25) is 0 Å². The van der Waals surface area contributed by atoms with Gasteiger partial charge in [0.05, 0.1) is 4.92 Å². The number of nitro benzene ring substituents is 1. The average Bonchev–Trinajstić information content (AvgIpc) is 2.78. The normalized spacial score (nSPS) is 10.3. The summed E-state index contributed by atoms with van der Waals surface area (Å²) in [4.78, 5) is 24.8. The van der Waals surface area contributed by atoms with Crippen molar-refractivity contribution in [2.75, 3.05) is 0 Å². The number of aromatic nitrogens is 2. The van der Waals surface area contributed by atoms with Crippen molar-refractivity contribution < 1.29 is 14.8 Å². The summed E-state index contributed by atoms with van der Waals surface area (Å²) in [7, 11) is 0. The van der Waals surface area contributed by atoms with Gasteiger partial charge in [0.15, 0.2) is 5.69 Å². The summed E-state index contributed by atoms with van der Waals surface area (Å²) in [6, 6.07) is 4.66. The van der Waals surface area contributed by atoms with Crippen LogP contribution in [-0.2, 0) is 0 Å². The highest BCUT2D eigenvalue weighted by Crippen LogP contribution is 2.25. The second-order valence-electron chi connectivity index (χ2n) is 3.36. The lowest BCUT2D eigenvalue weighted by molar-refractivity contribution is -0.384. The van der Waals surface area contributed by atoms with Crippen molar-refractivity contribution in [2.24, 2.45) is 0 Å². The third-order valence-corrected chi connectivity index (χ3v) is 2.89. The van der Waals surface area contributed by atoms with E-state index in [1.165, 1.54) is 23.2 Å². The van der Waals surface area contributed by atoms with Crippen LogP contribution in [-0.4, -0.2) is 25.6 Å². The first-order valence-corrected chi connectivity index (χ1v) is 5.78. The smallest absolute Gasteiger partial charge is 0.356 e. The van der Waals surface area contributed by atoms with Crippen molar-refractivity contribution in [2.45, 2.75) is 0 Å². The maximum Gasteiger partial charge on any atom is 0.356 e. The predicted molar refractivity (Wildman–Crippen MR) is 69.9 cm³/mol. The fourth-order valence-electron chi connectivity index (χ4n) is 1.43. The lowest BCUT2D eigenvalue weighted by atomic mass is 10.2. The first-order chi connectivity index (χ1) is 8.49. The van der Waals surface area contributed by atoms with Crippen molar-refractivity contribution in [1.29, 1.82) is 0 Å². The zero-order valence-corrected chi connectivity index (χ0v) is 10.9. The van der Waals surface area contributed by atoms with Gasteiger partial charge in [-0.15, -0.1) is 0 Å². The number of nitro groups is 1. The number of carbonyl (C=O) groups is 1. The van der Waals surface area contributed by atoms with Gasteiger partial charge in [0, 0.05) is 15.8 Å². The molecule has 2 rings (SSSR count). The molecule has 0 fully saturated rings. The Balaban J connectivity index is 2.55. The molecule has 0 bridgehead atoms. The molecule has 0 aliphatic rings. The highest BCUT2D eigenvalue weighted by Gasteiger charge is 2.17. The van der Waals surface area contributed by atoms with Crippen LogP contribution < -0.4 is 0 Å². The van der Waals surface area contributed by atoms with Crippen LogP contribution in [0.25, 0.3) is 5.69 Å². The molecule has 0 aliphatic carbocycles. The van der Waals surface area contributed by atoms with Crippen molar-refractivity contribution in [3.05, 3.63) is 50.1 Å². The molecule has 0 radical (unpaired) electrons. The van der Waals surface area contributed by atoms with E-state index in [1.807, 2.05) is 22.6 Å². The molecule has 2 aromatic rings. The molecule has 1 aromatic heterocycles. The largest absolute Gasteiger partial charge is 0.476 e. The van der Waals surface area contributed by atoms with Gasteiger partial charge in [-0.2, -0.15) is 0 Å². The van der Waals surface area contributed by atoms with Crippen LogP contribution >= 0.6 is 22.6 Å². The summed E-state index contributed by atoms with van der Waals surface area (Å²) in [5.41, 5.74) is 0.0134. The zero-order valence-electron chi connectivity index (χ0n) is 8.78. The zero-order chi connectivity index (χ0) is 13.3. The highest BCUT2D eigenvalue weighted by molar-refractivity contribution is 14.1. The van der Waals surface area contributed by atoms with Crippen molar-refractivity contribution in [1.82, 2.24) is 9.55 Å². The number of aromatic carboxylic acids is 1. The topological polar surface area (TPSA) is 98.3 Å². The molecule has 18 heavy (non-hydrogen) atoms.